The minimum Gasteiger partial charge on any atom is -0.353 e. The van der Waals surface area contributed by atoms with Gasteiger partial charge in [-0.05, 0) is 99.1 Å². The molecule has 0 spiro atoms. The number of allylic oxidation sites excluding steroid dienone is 5. The first kappa shape index (κ1) is 25.4. The molecule has 2 N–H and O–H groups in total. The Bertz CT molecular complexity index is 1670. The van der Waals surface area contributed by atoms with Crippen LogP contribution in [0.3, 0.4) is 0 Å². The molecule has 0 saturated carbocycles. The van der Waals surface area contributed by atoms with Crippen molar-refractivity contribution in [3.05, 3.63) is 103 Å². The van der Waals surface area contributed by atoms with Gasteiger partial charge in [0.2, 0.25) is 0 Å². The fourth-order valence-electron chi connectivity index (χ4n) is 4.81. The lowest BCUT2D eigenvalue weighted by molar-refractivity contribution is 0.400. The summed E-state index contributed by atoms with van der Waals surface area (Å²) in [4.78, 5) is 10.4. The number of halogens is 1. The second-order valence-corrected chi connectivity index (χ2v) is 9.72. The van der Waals surface area contributed by atoms with Crippen LogP contribution in [0.5, 0.6) is 0 Å². The van der Waals surface area contributed by atoms with Crippen LogP contribution in [0.4, 0.5) is 4.39 Å². The van der Waals surface area contributed by atoms with Gasteiger partial charge >= 0.3 is 0 Å². The van der Waals surface area contributed by atoms with Gasteiger partial charge in [-0.2, -0.15) is 5.10 Å². The van der Waals surface area contributed by atoms with Gasteiger partial charge in [-0.15, -0.1) is 0 Å². The summed E-state index contributed by atoms with van der Waals surface area (Å²) in [7, 11) is 4.18. The molecule has 0 atom stereocenters. The van der Waals surface area contributed by atoms with E-state index in [1.165, 1.54) is 11.6 Å². The van der Waals surface area contributed by atoms with Crippen LogP contribution >= 0.6 is 0 Å². The average molecular weight is 506 g/mol. The van der Waals surface area contributed by atoms with E-state index >= 15 is 0 Å². The number of benzene rings is 2. The first-order chi connectivity index (χ1) is 18.5. The van der Waals surface area contributed by atoms with Crippen LogP contribution in [-0.2, 0) is 0 Å². The monoisotopic (exact) mass is 505 g/mol. The van der Waals surface area contributed by atoms with E-state index in [0.717, 1.165) is 75.0 Å². The molecule has 0 unspecified atom stereocenters. The number of aromatic nitrogens is 4. The molecule has 0 radical (unpaired) electrons. The molecule has 38 heavy (non-hydrogen) atoms. The number of aromatic amines is 2. The Morgan fingerprint density at radius 2 is 1.89 bits per heavy atom. The van der Waals surface area contributed by atoms with Gasteiger partial charge in [0.1, 0.15) is 11.5 Å². The summed E-state index contributed by atoms with van der Waals surface area (Å²) >= 11 is 0. The second kappa shape index (κ2) is 11.0. The standard InChI is InChI=1S/C32H32FN5/c1-5-21(10-9-15-38(3)4)16-22(6-2)29-19-27-31(20-34-29)36-37-32(27)30-18-26-25(13-8-14-28(26)35-30)23-11-7-12-24(33)17-23/h5-8,11-14,16-20,35H,1,9-10,15H2,2-4H3,(H,36,37)/b21-16+,22-6+. The number of rotatable bonds is 9. The van der Waals surface area contributed by atoms with E-state index in [1.54, 1.807) is 12.1 Å². The predicted molar refractivity (Wildman–Crippen MR) is 156 cm³/mol. The molecule has 6 heteroatoms. The summed E-state index contributed by atoms with van der Waals surface area (Å²) in [5.74, 6) is -0.250. The van der Waals surface area contributed by atoms with Crippen molar-refractivity contribution >= 4 is 27.4 Å². The number of nitrogens with zero attached hydrogens (tertiary/aromatic N) is 3. The van der Waals surface area contributed by atoms with E-state index in [-0.39, 0.29) is 5.82 Å². The van der Waals surface area contributed by atoms with Gasteiger partial charge in [0.25, 0.3) is 0 Å². The third kappa shape index (κ3) is 5.22. The molecule has 0 bridgehead atoms. The summed E-state index contributed by atoms with van der Waals surface area (Å²) in [6, 6.07) is 16.9. The Morgan fingerprint density at radius 1 is 1.05 bits per heavy atom. The van der Waals surface area contributed by atoms with Crippen molar-refractivity contribution in [3.8, 4) is 22.5 Å². The molecule has 0 aliphatic carbocycles. The van der Waals surface area contributed by atoms with Crippen LogP contribution in [0.25, 0.3) is 49.9 Å². The Kier molecular flexibility index (Phi) is 7.33. The van der Waals surface area contributed by atoms with Gasteiger partial charge in [-0.25, -0.2) is 4.39 Å². The Morgan fingerprint density at radius 3 is 2.66 bits per heavy atom. The summed E-state index contributed by atoms with van der Waals surface area (Å²) in [6.07, 6.45) is 10.0. The van der Waals surface area contributed by atoms with Crippen LogP contribution in [0.15, 0.2) is 91.2 Å². The summed E-state index contributed by atoms with van der Waals surface area (Å²) in [6.45, 7) is 7.08. The lowest BCUT2D eigenvalue weighted by Crippen LogP contribution is -2.12. The molecule has 0 aliphatic heterocycles. The lowest BCUT2D eigenvalue weighted by atomic mass is 10.0. The molecule has 0 fully saturated rings. The molecule has 0 aliphatic rings. The molecule has 2 aromatic carbocycles. The van der Waals surface area contributed by atoms with Crippen molar-refractivity contribution in [2.45, 2.75) is 19.8 Å². The van der Waals surface area contributed by atoms with Crippen molar-refractivity contribution in [1.29, 1.82) is 0 Å². The summed E-state index contributed by atoms with van der Waals surface area (Å²) in [5.41, 5.74) is 8.47. The van der Waals surface area contributed by atoms with Crippen LogP contribution in [-0.4, -0.2) is 45.7 Å². The van der Waals surface area contributed by atoms with Crippen molar-refractivity contribution in [3.63, 3.8) is 0 Å². The molecular formula is C32H32FN5. The summed E-state index contributed by atoms with van der Waals surface area (Å²) < 4.78 is 13.9. The summed E-state index contributed by atoms with van der Waals surface area (Å²) in [5, 5.41) is 9.75. The minimum absolute atomic E-state index is 0.250. The fraction of sp³-hybridized carbons (Fsp3) is 0.188. The number of hydrogen-bond donors (Lipinski definition) is 2. The van der Waals surface area contributed by atoms with E-state index in [0.29, 0.717) is 0 Å². The molecule has 5 rings (SSSR count). The highest BCUT2D eigenvalue weighted by Gasteiger charge is 2.15. The molecule has 5 aromatic rings. The molecule has 3 heterocycles. The second-order valence-electron chi connectivity index (χ2n) is 9.72. The van der Waals surface area contributed by atoms with Gasteiger partial charge < -0.3 is 9.88 Å². The quantitative estimate of drug-likeness (QED) is 0.201. The molecule has 0 saturated heterocycles. The minimum atomic E-state index is -0.250. The Balaban J connectivity index is 1.52. The highest BCUT2D eigenvalue weighted by Crippen LogP contribution is 2.34. The van der Waals surface area contributed by atoms with Gasteiger partial charge in [-0.3, -0.25) is 10.1 Å². The Hall–Kier alpha value is -4.29. The van der Waals surface area contributed by atoms with Crippen LogP contribution < -0.4 is 0 Å². The molecule has 192 valence electrons. The lowest BCUT2D eigenvalue weighted by Gasteiger charge is -2.10. The number of H-pyrrole nitrogens is 2. The smallest absolute Gasteiger partial charge is 0.123 e. The zero-order valence-electron chi connectivity index (χ0n) is 22.1. The van der Waals surface area contributed by atoms with Crippen LogP contribution in [0.1, 0.15) is 25.5 Å². The first-order valence-electron chi connectivity index (χ1n) is 12.8. The average Bonchev–Trinajstić information content (AvgIpc) is 3.54. The molecule has 5 nitrogen and oxygen atoms in total. The van der Waals surface area contributed by atoms with Gasteiger partial charge in [0.15, 0.2) is 0 Å². The van der Waals surface area contributed by atoms with Crippen LogP contribution in [0, 0.1) is 5.82 Å². The largest absolute Gasteiger partial charge is 0.353 e. The van der Waals surface area contributed by atoms with E-state index in [9.17, 15) is 4.39 Å². The zero-order valence-corrected chi connectivity index (χ0v) is 22.1. The van der Waals surface area contributed by atoms with Crippen molar-refractivity contribution in [2.75, 3.05) is 20.6 Å². The van der Waals surface area contributed by atoms with Gasteiger partial charge in [0, 0.05) is 16.3 Å². The van der Waals surface area contributed by atoms with Crippen molar-refractivity contribution < 1.29 is 4.39 Å². The third-order valence-electron chi connectivity index (χ3n) is 6.78. The Labute approximate surface area is 222 Å². The predicted octanol–water partition coefficient (Wildman–Crippen LogP) is 7.77. The highest BCUT2D eigenvalue weighted by atomic mass is 19.1. The number of nitrogens with one attached hydrogen (secondary N) is 2. The van der Waals surface area contributed by atoms with E-state index in [1.807, 2.05) is 43.5 Å². The molecule has 3 aromatic heterocycles. The van der Waals surface area contributed by atoms with E-state index in [2.05, 4.69) is 65.0 Å². The number of pyridine rings is 1. The molecule has 0 amide bonds. The van der Waals surface area contributed by atoms with Crippen LogP contribution in [0.2, 0.25) is 0 Å². The van der Waals surface area contributed by atoms with E-state index in [4.69, 9.17) is 4.98 Å². The third-order valence-corrected chi connectivity index (χ3v) is 6.78. The van der Waals surface area contributed by atoms with Crippen molar-refractivity contribution in [2.24, 2.45) is 0 Å². The zero-order chi connectivity index (χ0) is 26.6. The molecular weight excluding hydrogens is 473 g/mol. The number of fused-ring (bicyclic) bond motifs is 2. The normalized spacial score (nSPS) is 12.7. The van der Waals surface area contributed by atoms with Gasteiger partial charge in [-0.1, -0.05) is 43.0 Å². The van der Waals surface area contributed by atoms with E-state index < -0.39 is 0 Å². The van der Waals surface area contributed by atoms with Gasteiger partial charge in [0.05, 0.1) is 23.1 Å². The highest BCUT2D eigenvalue weighted by molar-refractivity contribution is 6.01. The maximum absolute atomic E-state index is 13.9. The maximum Gasteiger partial charge on any atom is 0.123 e. The SMILES string of the molecule is C=C/C(=C\C(=C/C)c1cc2c(-c3cc4c(-c5cccc(F)c5)cccc4[nH]3)n[nH]c2cn1)CCCN(C)C. The van der Waals surface area contributed by atoms with Crippen molar-refractivity contribution in [1.82, 2.24) is 25.1 Å². The maximum atomic E-state index is 13.9. The fourth-order valence-corrected chi connectivity index (χ4v) is 4.81. The first-order valence-corrected chi connectivity index (χ1v) is 12.8. The number of hydrogen-bond acceptors (Lipinski definition) is 3. The topological polar surface area (TPSA) is 60.6 Å².